The average Bonchev–Trinajstić information content (AvgIpc) is 2.27. The van der Waals surface area contributed by atoms with E-state index in [2.05, 4.69) is 0 Å². The number of hydrogen-bond donors (Lipinski definition) is 2. The highest BCUT2D eigenvalue weighted by molar-refractivity contribution is 5.74. The molecular weight excluding hydrogens is 227 g/mol. The van der Waals surface area contributed by atoms with Gasteiger partial charge in [-0.15, -0.1) is 0 Å². The molecule has 1 unspecified atom stereocenters. The number of aliphatic carboxylic acids is 1. The van der Waals surface area contributed by atoms with E-state index in [1.54, 1.807) is 13.8 Å². The molecule has 0 aliphatic rings. The fourth-order valence-electron chi connectivity index (χ4n) is 1.65. The molecule has 1 aromatic rings. The summed E-state index contributed by atoms with van der Waals surface area (Å²) in [6, 6.07) is 3.78. The second-order valence-electron chi connectivity index (χ2n) is 4.31. The van der Waals surface area contributed by atoms with Gasteiger partial charge in [-0.05, 0) is 6.07 Å². The molecule has 1 atom stereocenters. The standard InChI is InChI=1S/C12H15FO4/c1-12(2,10(14)11(15)16)8-5-4-7(13)6-9(8)17-3/h4-6,10,14H,1-3H3,(H,15,16). The Morgan fingerprint density at radius 2 is 2.06 bits per heavy atom. The first-order valence-corrected chi connectivity index (χ1v) is 5.05. The van der Waals surface area contributed by atoms with Crippen LogP contribution < -0.4 is 4.74 Å². The van der Waals surface area contributed by atoms with Crippen LogP contribution in [0.2, 0.25) is 0 Å². The summed E-state index contributed by atoms with van der Waals surface area (Å²) < 4.78 is 18.0. The molecule has 1 rings (SSSR count). The fourth-order valence-corrected chi connectivity index (χ4v) is 1.65. The van der Waals surface area contributed by atoms with Gasteiger partial charge in [0, 0.05) is 17.0 Å². The van der Waals surface area contributed by atoms with Crippen molar-refractivity contribution >= 4 is 5.97 Å². The molecule has 2 N–H and O–H groups in total. The van der Waals surface area contributed by atoms with E-state index in [1.807, 2.05) is 0 Å². The van der Waals surface area contributed by atoms with Crippen molar-refractivity contribution in [3.05, 3.63) is 29.6 Å². The van der Waals surface area contributed by atoms with Crippen LogP contribution in [-0.2, 0) is 10.2 Å². The summed E-state index contributed by atoms with van der Waals surface area (Å²) in [6.07, 6.45) is -1.60. The van der Waals surface area contributed by atoms with E-state index in [1.165, 1.54) is 19.2 Å². The molecule has 0 bridgehead atoms. The number of aliphatic hydroxyl groups excluding tert-OH is 1. The molecule has 0 spiro atoms. The summed E-state index contributed by atoms with van der Waals surface area (Å²) in [6.45, 7) is 3.11. The van der Waals surface area contributed by atoms with E-state index in [4.69, 9.17) is 9.84 Å². The Bertz CT molecular complexity index is 429. The van der Waals surface area contributed by atoms with Crippen molar-refractivity contribution in [2.75, 3.05) is 7.11 Å². The van der Waals surface area contributed by atoms with Crippen molar-refractivity contribution < 1.29 is 24.1 Å². The van der Waals surface area contributed by atoms with Gasteiger partial charge in [0.15, 0.2) is 6.10 Å². The van der Waals surface area contributed by atoms with Crippen LogP contribution in [0.3, 0.4) is 0 Å². The zero-order valence-corrected chi connectivity index (χ0v) is 9.90. The lowest BCUT2D eigenvalue weighted by Gasteiger charge is -2.29. The van der Waals surface area contributed by atoms with Crippen LogP contribution in [0.1, 0.15) is 19.4 Å². The maximum absolute atomic E-state index is 13.0. The van der Waals surface area contributed by atoms with Crippen molar-refractivity contribution in [3.8, 4) is 5.75 Å². The number of carbonyl (C=O) groups is 1. The third-order valence-corrected chi connectivity index (χ3v) is 2.78. The molecule has 17 heavy (non-hydrogen) atoms. The van der Waals surface area contributed by atoms with E-state index in [0.29, 0.717) is 5.56 Å². The van der Waals surface area contributed by atoms with E-state index >= 15 is 0 Å². The number of methoxy groups -OCH3 is 1. The Morgan fingerprint density at radius 1 is 1.47 bits per heavy atom. The molecule has 0 aliphatic carbocycles. The zero-order valence-electron chi connectivity index (χ0n) is 9.90. The Balaban J connectivity index is 3.27. The highest BCUT2D eigenvalue weighted by Gasteiger charge is 2.37. The summed E-state index contributed by atoms with van der Waals surface area (Å²) in [4.78, 5) is 10.8. The van der Waals surface area contributed by atoms with Crippen LogP contribution in [0, 0.1) is 5.82 Å². The smallest absolute Gasteiger partial charge is 0.333 e. The molecule has 0 saturated heterocycles. The van der Waals surface area contributed by atoms with Gasteiger partial charge >= 0.3 is 5.97 Å². The molecule has 0 saturated carbocycles. The second kappa shape index (κ2) is 4.71. The predicted octanol–water partition coefficient (Wildman–Crippen LogP) is 1.56. The first kappa shape index (κ1) is 13.4. The Morgan fingerprint density at radius 3 is 2.53 bits per heavy atom. The van der Waals surface area contributed by atoms with Gasteiger partial charge in [-0.3, -0.25) is 0 Å². The van der Waals surface area contributed by atoms with Gasteiger partial charge in [0.25, 0.3) is 0 Å². The van der Waals surface area contributed by atoms with Crippen LogP contribution in [0.4, 0.5) is 4.39 Å². The number of halogens is 1. The van der Waals surface area contributed by atoms with E-state index in [0.717, 1.165) is 6.07 Å². The maximum atomic E-state index is 13.0. The SMILES string of the molecule is COc1cc(F)ccc1C(C)(C)C(O)C(=O)O. The number of carboxylic acids is 1. The number of aliphatic hydroxyl groups is 1. The minimum Gasteiger partial charge on any atom is -0.496 e. The molecule has 0 aliphatic heterocycles. The van der Waals surface area contributed by atoms with Crippen LogP contribution in [0.5, 0.6) is 5.75 Å². The van der Waals surface area contributed by atoms with Gasteiger partial charge in [0.05, 0.1) is 7.11 Å². The predicted molar refractivity (Wildman–Crippen MR) is 59.6 cm³/mol. The van der Waals surface area contributed by atoms with Crippen LogP contribution >= 0.6 is 0 Å². The van der Waals surface area contributed by atoms with Crippen LogP contribution in [-0.4, -0.2) is 29.4 Å². The molecule has 0 radical (unpaired) electrons. The van der Waals surface area contributed by atoms with Gasteiger partial charge < -0.3 is 14.9 Å². The van der Waals surface area contributed by atoms with Gasteiger partial charge in [0.1, 0.15) is 11.6 Å². The molecule has 4 nitrogen and oxygen atoms in total. The quantitative estimate of drug-likeness (QED) is 0.840. The topological polar surface area (TPSA) is 66.8 Å². The largest absolute Gasteiger partial charge is 0.496 e. The summed E-state index contributed by atoms with van der Waals surface area (Å²) in [5.74, 6) is -1.59. The third-order valence-electron chi connectivity index (χ3n) is 2.78. The highest BCUT2D eigenvalue weighted by Crippen LogP contribution is 2.34. The molecular formula is C12H15FO4. The average molecular weight is 242 g/mol. The Hall–Kier alpha value is -1.62. The Kier molecular flexibility index (Phi) is 3.72. The molecule has 0 heterocycles. The van der Waals surface area contributed by atoms with Gasteiger partial charge in [-0.2, -0.15) is 0 Å². The Labute approximate surface area is 98.7 Å². The lowest BCUT2D eigenvalue weighted by Crippen LogP contribution is -2.40. The summed E-state index contributed by atoms with van der Waals surface area (Å²) in [5.41, 5.74) is -0.637. The molecule has 0 aromatic heterocycles. The monoisotopic (exact) mass is 242 g/mol. The maximum Gasteiger partial charge on any atom is 0.333 e. The number of benzene rings is 1. The molecule has 94 valence electrons. The normalized spacial score (nSPS) is 13.2. The number of rotatable bonds is 4. The first-order chi connectivity index (χ1) is 7.80. The zero-order chi connectivity index (χ0) is 13.2. The summed E-state index contributed by atoms with van der Waals surface area (Å²) in [7, 11) is 1.36. The van der Waals surface area contributed by atoms with E-state index < -0.39 is 23.3 Å². The highest BCUT2D eigenvalue weighted by atomic mass is 19.1. The molecule has 0 fully saturated rings. The van der Waals surface area contributed by atoms with Crippen molar-refractivity contribution in [2.24, 2.45) is 0 Å². The summed E-state index contributed by atoms with van der Waals surface area (Å²) in [5, 5.41) is 18.5. The lowest BCUT2D eigenvalue weighted by atomic mass is 9.79. The second-order valence-corrected chi connectivity index (χ2v) is 4.31. The van der Waals surface area contributed by atoms with Gasteiger partial charge in [0.2, 0.25) is 0 Å². The van der Waals surface area contributed by atoms with Gasteiger partial charge in [-0.1, -0.05) is 19.9 Å². The number of carboxylic acid groups (broad SMARTS) is 1. The summed E-state index contributed by atoms with van der Waals surface area (Å²) >= 11 is 0. The van der Waals surface area contributed by atoms with Crippen molar-refractivity contribution in [1.29, 1.82) is 0 Å². The molecule has 1 aromatic carbocycles. The lowest BCUT2D eigenvalue weighted by molar-refractivity contribution is -0.150. The van der Waals surface area contributed by atoms with Gasteiger partial charge in [-0.25, -0.2) is 9.18 Å². The van der Waals surface area contributed by atoms with E-state index in [-0.39, 0.29) is 5.75 Å². The first-order valence-electron chi connectivity index (χ1n) is 5.05. The minimum absolute atomic E-state index is 0.218. The number of ether oxygens (including phenoxy) is 1. The van der Waals surface area contributed by atoms with Crippen molar-refractivity contribution in [3.63, 3.8) is 0 Å². The third kappa shape index (κ3) is 2.55. The van der Waals surface area contributed by atoms with Crippen molar-refractivity contribution in [1.82, 2.24) is 0 Å². The van der Waals surface area contributed by atoms with E-state index in [9.17, 15) is 14.3 Å². The number of hydrogen-bond acceptors (Lipinski definition) is 3. The molecule has 0 amide bonds. The minimum atomic E-state index is -1.60. The fraction of sp³-hybridized carbons (Fsp3) is 0.417. The van der Waals surface area contributed by atoms with Crippen LogP contribution in [0.25, 0.3) is 0 Å². The van der Waals surface area contributed by atoms with Crippen LogP contribution in [0.15, 0.2) is 18.2 Å². The molecule has 5 heteroatoms. The van der Waals surface area contributed by atoms with Crippen molar-refractivity contribution in [2.45, 2.75) is 25.4 Å².